The van der Waals surface area contributed by atoms with Crippen molar-refractivity contribution in [3.8, 4) is 0 Å². The van der Waals surface area contributed by atoms with E-state index in [1.54, 1.807) is 18.4 Å². The van der Waals surface area contributed by atoms with Crippen molar-refractivity contribution in [2.75, 3.05) is 7.11 Å². The van der Waals surface area contributed by atoms with Gasteiger partial charge in [0.2, 0.25) is 0 Å². The second-order valence-electron chi connectivity index (χ2n) is 3.14. The molecule has 0 bridgehead atoms. The predicted molar refractivity (Wildman–Crippen MR) is 62.5 cm³/mol. The monoisotopic (exact) mass is 242 g/mol. The van der Waals surface area contributed by atoms with Crippen LogP contribution in [0.2, 0.25) is 5.15 Å². The van der Waals surface area contributed by atoms with Crippen LogP contribution in [0, 0.1) is 0 Å². The topological polar surface area (TPSA) is 35.0 Å². The third-order valence-corrected chi connectivity index (χ3v) is 3.33. The minimum absolute atomic E-state index is 0.0750. The zero-order valence-electron chi connectivity index (χ0n) is 8.53. The molecule has 0 aliphatic rings. The van der Waals surface area contributed by atoms with Crippen LogP contribution in [0.5, 0.6) is 0 Å². The van der Waals surface area contributed by atoms with Crippen molar-refractivity contribution < 1.29 is 4.74 Å². The first-order valence-electron chi connectivity index (χ1n) is 4.69. The molecule has 1 atom stereocenters. The third-order valence-electron chi connectivity index (χ3n) is 2.24. The van der Waals surface area contributed by atoms with E-state index in [9.17, 15) is 0 Å². The SMILES string of the molecule is CCC(OC)c1nc(Cl)c2ccsc2n1. The number of fused-ring (bicyclic) bond motifs is 1. The normalized spacial score (nSPS) is 13.3. The summed E-state index contributed by atoms with van der Waals surface area (Å²) in [5, 5.41) is 3.38. The lowest BCUT2D eigenvalue weighted by atomic mass is 10.2. The second-order valence-corrected chi connectivity index (χ2v) is 4.40. The summed E-state index contributed by atoms with van der Waals surface area (Å²) in [7, 11) is 1.66. The highest BCUT2D eigenvalue weighted by molar-refractivity contribution is 7.16. The van der Waals surface area contributed by atoms with Gasteiger partial charge in [0.15, 0.2) is 5.82 Å². The molecule has 1 unspecified atom stereocenters. The molecule has 0 amide bonds. The number of halogens is 1. The largest absolute Gasteiger partial charge is 0.373 e. The standard InChI is InChI=1S/C10H11ClN2OS/c1-3-7(14-2)9-12-8(11)6-4-5-15-10(6)13-9/h4-5,7H,3H2,1-2H3. The van der Waals surface area contributed by atoms with E-state index in [0.717, 1.165) is 16.6 Å². The molecule has 0 spiro atoms. The van der Waals surface area contributed by atoms with Gasteiger partial charge in [-0.15, -0.1) is 11.3 Å². The van der Waals surface area contributed by atoms with Gasteiger partial charge in [0.05, 0.1) is 0 Å². The van der Waals surface area contributed by atoms with E-state index >= 15 is 0 Å². The molecular formula is C10H11ClN2OS. The first-order chi connectivity index (χ1) is 7.26. The summed E-state index contributed by atoms with van der Waals surface area (Å²) in [4.78, 5) is 9.60. The Kier molecular flexibility index (Phi) is 3.19. The van der Waals surface area contributed by atoms with E-state index in [2.05, 4.69) is 9.97 Å². The highest BCUT2D eigenvalue weighted by Gasteiger charge is 2.14. The fourth-order valence-corrected chi connectivity index (χ4v) is 2.50. The van der Waals surface area contributed by atoms with Gasteiger partial charge in [-0.05, 0) is 17.9 Å². The average molecular weight is 243 g/mol. The molecule has 3 nitrogen and oxygen atoms in total. The number of nitrogens with zero attached hydrogens (tertiary/aromatic N) is 2. The molecule has 80 valence electrons. The van der Waals surface area contributed by atoms with Crippen molar-refractivity contribution in [3.05, 3.63) is 22.4 Å². The minimum Gasteiger partial charge on any atom is -0.373 e. The molecule has 0 radical (unpaired) electrons. The Bertz CT molecular complexity index is 467. The number of ether oxygens (including phenoxy) is 1. The van der Waals surface area contributed by atoms with Crippen LogP contribution < -0.4 is 0 Å². The molecule has 2 heterocycles. The van der Waals surface area contributed by atoms with E-state index in [4.69, 9.17) is 16.3 Å². The predicted octanol–water partition coefficient (Wildman–Crippen LogP) is 3.44. The summed E-state index contributed by atoms with van der Waals surface area (Å²) in [6.07, 6.45) is 0.762. The maximum atomic E-state index is 6.06. The molecule has 2 aromatic heterocycles. The highest BCUT2D eigenvalue weighted by Crippen LogP contribution is 2.27. The highest BCUT2D eigenvalue weighted by atomic mass is 35.5. The zero-order valence-corrected chi connectivity index (χ0v) is 10.1. The maximum absolute atomic E-state index is 6.06. The van der Waals surface area contributed by atoms with Gasteiger partial charge < -0.3 is 4.74 Å². The number of hydrogen-bond acceptors (Lipinski definition) is 4. The average Bonchev–Trinajstić information content (AvgIpc) is 2.68. The molecule has 0 N–H and O–H groups in total. The molecule has 0 aromatic carbocycles. The molecule has 2 aromatic rings. The van der Waals surface area contributed by atoms with E-state index in [1.807, 2.05) is 18.4 Å². The molecule has 5 heteroatoms. The summed E-state index contributed by atoms with van der Waals surface area (Å²) < 4.78 is 5.29. The Labute approximate surface area is 97.1 Å². The lowest BCUT2D eigenvalue weighted by Gasteiger charge is -2.11. The van der Waals surface area contributed by atoms with Crippen molar-refractivity contribution >= 4 is 33.2 Å². The first kappa shape index (κ1) is 10.8. The van der Waals surface area contributed by atoms with Crippen LogP contribution >= 0.6 is 22.9 Å². The lowest BCUT2D eigenvalue weighted by molar-refractivity contribution is 0.0929. The molecular weight excluding hydrogens is 232 g/mol. The number of rotatable bonds is 3. The quantitative estimate of drug-likeness (QED) is 0.774. The zero-order chi connectivity index (χ0) is 10.8. The van der Waals surface area contributed by atoms with Crippen LogP contribution in [0.25, 0.3) is 10.2 Å². The summed E-state index contributed by atoms with van der Waals surface area (Å²) in [5.74, 6) is 0.667. The lowest BCUT2D eigenvalue weighted by Crippen LogP contribution is -2.05. The molecule has 0 saturated carbocycles. The van der Waals surface area contributed by atoms with Gasteiger partial charge in [0, 0.05) is 12.5 Å². The Hall–Kier alpha value is -0.710. The minimum atomic E-state index is -0.0750. The second kappa shape index (κ2) is 4.43. The number of thiophene rings is 1. The third kappa shape index (κ3) is 1.97. The number of aromatic nitrogens is 2. The van der Waals surface area contributed by atoms with Gasteiger partial charge >= 0.3 is 0 Å². The van der Waals surface area contributed by atoms with E-state index < -0.39 is 0 Å². The maximum Gasteiger partial charge on any atom is 0.160 e. The van der Waals surface area contributed by atoms with Crippen LogP contribution in [0.15, 0.2) is 11.4 Å². The van der Waals surface area contributed by atoms with Gasteiger partial charge in [-0.3, -0.25) is 0 Å². The van der Waals surface area contributed by atoms with Gasteiger partial charge in [0.25, 0.3) is 0 Å². The van der Waals surface area contributed by atoms with Crippen LogP contribution in [0.4, 0.5) is 0 Å². The van der Waals surface area contributed by atoms with Gasteiger partial charge in [-0.1, -0.05) is 18.5 Å². The van der Waals surface area contributed by atoms with Gasteiger partial charge in [0.1, 0.15) is 16.1 Å². The van der Waals surface area contributed by atoms with E-state index in [1.165, 1.54) is 0 Å². The molecule has 0 aliphatic carbocycles. The number of hydrogen-bond donors (Lipinski definition) is 0. The summed E-state index contributed by atoms with van der Waals surface area (Å²) in [6, 6.07) is 1.93. The Morgan fingerprint density at radius 3 is 3.00 bits per heavy atom. The Morgan fingerprint density at radius 1 is 1.53 bits per heavy atom. The van der Waals surface area contributed by atoms with Crippen LogP contribution in [0.1, 0.15) is 25.3 Å². The summed E-state index contributed by atoms with van der Waals surface area (Å²) >= 11 is 7.62. The van der Waals surface area contributed by atoms with Crippen molar-refractivity contribution in [3.63, 3.8) is 0 Å². The van der Waals surface area contributed by atoms with E-state index in [0.29, 0.717) is 11.0 Å². The van der Waals surface area contributed by atoms with Gasteiger partial charge in [-0.25, -0.2) is 9.97 Å². The molecule has 2 rings (SSSR count). The van der Waals surface area contributed by atoms with Crippen LogP contribution in [0.3, 0.4) is 0 Å². The first-order valence-corrected chi connectivity index (χ1v) is 5.95. The van der Waals surface area contributed by atoms with E-state index in [-0.39, 0.29) is 6.10 Å². The molecule has 15 heavy (non-hydrogen) atoms. The van der Waals surface area contributed by atoms with Crippen LogP contribution in [-0.2, 0) is 4.74 Å². The van der Waals surface area contributed by atoms with Gasteiger partial charge in [-0.2, -0.15) is 0 Å². The molecule has 0 fully saturated rings. The summed E-state index contributed by atoms with van der Waals surface area (Å²) in [5.41, 5.74) is 0. The van der Waals surface area contributed by atoms with Crippen molar-refractivity contribution in [1.29, 1.82) is 0 Å². The summed E-state index contributed by atoms with van der Waals surface area (Å²) in [6.45, 7) is 2.03. The van der Waals surface area contributed by atoms with Crippen molar-refractivity contribution in [2.24, 2.45) is 0 Å². The van der Waals surface area contributed by atoms with Crippen molar-refractivity contribution in [1.82, 2.24) is 9.97 Å². The molecule has 0 saturated heterocycles. The Morgan fingerprint density at radius 2 is 2.33 bits per heavy atom. The smallest absolute Gasteiger partial charge is 0.160 e. The van der Waals surface area contributed by atoms with Crippen molar-refractivity contribution in [2.45, 2.75) is 19.4 Å². The van der Waals surface area contributed by atoms with Crippen LogP contribution in [-0.4, -0.2) is 17.1 Å². The fourth-order valence-electron chi connectivity index (χ4n) is 1.43. The Balaban J connectivity index is 2.52. The number of methoxy groups -OCH3 is 1. The fraction of sp³-hybridized carbons (Fsp3) is 0.400. The molecule has 0 aliphatic heterocycles.